The van der Waals surface area contributed by atoms with Gasteiger partial charge in [0.2, 0.25) is 0 Å². The van der Waals surface area contributed by atoms with Crippen LogP contribution in [-0.2, 0) is 6.42 Å². The van der Waals surface area contributed by atoms with Crippen molar-refractivity contribution in [2.45, 2.75) is 20.3 Å². The fraction of sp³-hybridized carbons (Fsp3) is 0.333. The Morgan fingerprint density at radius 1 is 1.25 bits per heavy atom. The number of hydrogen-bond donors (Lipinski definition) is 0. The summed E-state index contributed by atoms with van der Waals surface area (Å²) in [7, 11) is 0. The molecule has 0 atom stereocenters. The Kier molecular flexibility index (Phi) is 3.39. The van der Waals surface area contributed by atoms with E-state index in [1.165, 1.54) is 5.56 Å². The van der Waals surface area contributed by atoms with Gasteiger partial charge in [0, 0.05) is 4.47 Å². The number of nitrogens with zero attached hydrogens (tertiary/aromatic N) is 3. The van der Waals surface area contributed by atoms with Crippen LogP contribution in [0.4, 0.5) is 0 Å². The van der Waals surface area contributed by atoms with Gasteiger partial charge in [-0.1, -0.05) is 19.9 Å². The van der Waals surface area contributed by atoms with E-state index in [4.69, 9.17) is 0 Å². The Morgan fingerprint density at radius 3 is 2.50 bits per heavy atom. The summed E-state index contributed by atoms with van der Waals surface area (Å²) in [5.41, 5.74) is 2.41. The van der Waals surface area contributed by atoms with Gasteiger partial charge in [-0.3, -0.25) is 4.57 Å². The van der Waals surface area contributed by atoms with Crippen molar-refractivity contribution >= 4 is 15.9 Å². The average Bonchev–Trinajstić information content (AvgIpc) is 2.69. The smallest absolute Gasteiger partial charge is 0.123 e. The predicted octanol–water partition coefficient (Wildman–Crippen LogP) is 3.23. The van der Waals surface area contributed by atoms with Crippen LogP contribution in [-0.4, -0.2) is 14.8 Å². The van der Waals surface area contributed by atoms with Gasteiger partial charge in [0.25, 0.3) is 0 Å². The molecule has 1 heterocycles. The van der Waals surface area contributed by atoms with E-state index < -0.39 is 0 Å². The molecule has 0 bridgehead atoms. The highest BCUT2D eigenvalue weighted by Crippen LogP contribution is 2.23. The molecule has 0 unspecified atom stereocenters. The highest BCUT2D eigenvalue weighted by atomic mass is 79.9. The summed E-state index contributed by atoms with van der Waals surface area (Å²) in [6.07, 6.45) is 4.49. The summed E-state index contributed by atoms with van der Waals surface area (Å²) in [5.74, 6) is 0.674. The molecule has 0 N–H and O–H groups in total. The van der Waals surface area contributed by atoms with E-state index in [2.05, 4.69) is 58.2 Å². The molecule has 0 aliphatic rings. The highest BCUT2D eigenvalue weighted by Gasteiger charge is 2.04. The zero-order chi connectivity index (χ0) is 11.5. The molecule has 2 aromatic rings. The van der Waals surface area contributed by atoms with Crippen molar-refractivity contribution in [2.75, 3.05) is 0 Å². The van der Waals surface area contributed by atoms with Gasteiger partial charge in [-0.2, -0.15) is 0 Å². The van der Waals surface area contributed by atoms with E-state index in [-0.39, 0.29) is 0 Å². The van der Waals surface area contributed by atoms with Crippen LogP contribution in [0.25, 0.3) is 5.69 Å². The molecule has 3 nitrogen and oxygen atoms in total. The first-order valence-corrected chi connectivity index (χ1v) is 6.09. The highest BCUT2D eigenvalue weighted by molar-refractivity contribution is 9.10. The normalized spacial score (nSPS) is 11.0. The molecule has 0 aliphatic heterocycles. The lowest BCUT2D eigenvalue weighted by molar-refractivity contribution is 0.647. The maximum absolute atomic E-state index is 3.80. The minimum Gasteiger partial charge on any atom is -0.287 e. The zero-order valence-electron chi connectivity index (χ0n) is 9.39. The lowest BCUT2D eigenvalue weighted by atomic mass is 10.0. The number of aromatic nitrogens is 3. The first kappa shape index (κ1) is 11.3. The van der Waals surface area contributed by atoms with Crippen molar-refractivity contribution in [3.05, 3.63) is 40.9 Å². The van der Waals surface area contributed by atoms with Crippen LogP contribution in [0.5, 0.6) is 0 Å². The van der Waals surface area contributed by atoms with Gasteiger partial charge in [0.05, 0.1) is 5.69 Å². The van der Waals surface area contributed by atoms with Crippen molar-refractivity contribution in [1.82, 2.24) is 14.8 Å². The van der Waals surface area contributed by atoms with E-state index in [0.717, 1.165) is 16.6 Å². The molecule has 1 aromatic heterocycles. The molecule has 0 saturated carbocycles. The maximum atomic E-state index is 3.80. The van der Waals surface area contributed by atoms with Gasteiger partial charge in [0.15, 0.2) is 0 Å². The van der Waals surface area contributed by atoms with Crippen molar-refractivity contribution in [2.24, 2.45) is 5.92 Å². The summed E-state index contributed by atoms with van der Waals surface area (Å²) in [4.78, 5) is 0. The summed E-state index contributed by atoms with van der Waals surface area (Å²) < 4.78 is 2.97. The fourth-order valence-electron chi connectivity index (χ4n) is 1.68. The number of hydrogen-bond acceptors (Lipinski definition) is 2. The van der Waals surface area contributed by atoms with Gasteiger partial charge in [-0.25, -0.2) is 0 Å². The molecule has 84 valence electrons. The van der Waals surface area contributed by atoms with Crippen molar-refractivity contribution in [3.63, 3.8) is 0 Å². The SMILES string of the molecule is CC(C)Cc1ccc(-n2cnnc2)c(Br)c1. The van der Waals surface area contributed by atoms with Gasteiger partial charge in [-0.15, -0.1) is 10.2 Å². The second-order valence-electron chi connectivity index (χ2n) is 4.25. The van der Waals surface area contributed by atoms with Gasteiger partial charge in [0.1, 0.15) is 12.7 Å². The van der Waals surface area contributed by atoms with E-state index in [1.54, 1.807) is 12.7 Å². The average molecular weight is 280 g/mol. The lowest BCUT2D eigenvalue weighted by Crippen LogP contribution is -1.97. The second kappa shape index (κ2) is 4.78. The molecule has 4 heteroatoms. The minimum absolute atomic E-state index is 0.674. The topological polar surface area (TPSA) is 30.7 Å². The Labute approximate surface area is 104 Å². The molecule has 2 rings (SSSR count). The lowest BCUT2D eigenvalue weighted by Gasteiger charge is -2.09. The molecule has 0 aliphatic carbocycles. The zero-order valence-corrected chi connectivity index (χ0v) is 11.0. The van der Waals surface area contributed by atoms with Crippen LogP contribution in [0.15, 0.2) is 35.3 Å². The van der Waals surface area contributed by atoms with Crippen LogP contribution in [0, 0.1) is 5.92 Å². The fourth-order valence-corrected chi connectivity index (χ4v) is 2.31. The number of benzene rings is 1. The maximum Gasteiger partial charge on any atom is 0.123 e. The van der Waals surface area contributed by atoms with E-state index >= 15 is 0 Å². The van der Waals surface area contributed by atoms with Crippen LogP contribution in [0.1, 0.15) is 19.4 Å². The third-order valence-electron chi connectivity index (χ3n) is 2.35. The molecule has 0 saturated heterocycles. The van der Waals surface area contributed by atoms with Crippen LogP contribution < -0.4 is 0 Å². The second-order valence-corrected chi connectivity index (χ2v) is 5.11. The first-order chi connectivity index (χ1) is 7.66. The molecule has 1 aromatic carbocycles. The van der Waals surface area contributed by atoms with E-state index in [9.17, 15) is 0 Å². The molecule has 0 radical (unpaired) electrons. The summed E-state index contributed by atoms with van der Waals surface area (Å²) >= 11 is 3.58. The molecule has 0 spiro atoms. The molecule has 0 amide bonds. The Morgan fingerprint density at radius 2 is 1.94 bits per heavy atom. The monoisotopic (exact) mass is 279 g/mol. The van der Waals surface area contributed by atoms with Crippen molar-refractivity contribution in [3.8, 4) is 5.69 Å². The number of rotatable bonds is 3. The van der Waals surface area contributed by atoms with E-state index in [0.29, 0.717) is 5.92 Å². The minimum atomic E-state index is 0.674. The quantitative estimate of drug-likeness (QED) is 0.864. The largest absolute Gasteiger partial charge is 0.287 e. The van der Waals surface area contributed by atoms with Crippen molar-refractivity contribution < 1.29 is 0 Å². The molecule has 0 fully saturated rings. The van der Waals surface area contributed by atoms with Gasteiger partial charge < -0.3 is 0 Å². The van der Waals surface area contributed by atoms with Crippen LogP contribution >= 0.6 is 15.9 Å². The number of halogens is 1. The Bertz CT molecular complexity index is 463. The van der Waals surface area contributed by atoms with Crippen LogP contribution in [0.2, 0.25) is 0 Å². The standard InChI is InChI=1S/C12H14BrN3/c1-9(2)5-10-3-4-12(11(13)6-10)16-7-14-15-8-16/h3-4,6-9H,5H2,1-2H3. The Hall–Kier alpha value is -1.16. The Balaban J connectivity index is 2.30. The predicted molar refractivity (Wildman–Crippen MR) is 67.6 cm³/mol. The third kappa shape index (κ3) is 2.50. The summed E-state index contributed by atoms with van der Waals surface area (Å²) in [6, 6.07) is 6.40. The summed E-state index contributed by atoms with van der Waals surface area (Å²) in [5, 5.41) is 7.61. The molecule has 16 heavy (non-hydrogen) atoms. The first-order valence-electron chi connectivity index (χ1n) is 5.30. The molecular weight excluding hydrogens is 266 g/mol. The molecular formula is C12H14BrN3. The third-order valence-corrected chi connectivity index (χ3v) is 2.99. The summed E-state index contributed by atoms with van der Waals surface area (Å²) in [6.45, 7) is 4.45. The van der Waals surface area contributed by atoms with Crippen molar-refractivity contribution in [1.29, 1.82) is 0 Å². The van der Waals surface area contributed by atoms with Gasteiger partial charge >= 0.3 is 0 Å². The van der Waals surface area contributed by atoms with Crippen LogP contribution in [0.3, 0.4) is 0 Å². The van der Waals surface area contributed by atoms with Gasteiger partial charge in [-0.05, 0) is 46.0 Å². The van der Waals surface area contributed by atoms with E-state index in [1.807, 2.05) is 4.57 Å².